The van der Waals surface area contributed by atoms with E-state index in [0.717, 1.165) is 41.7 Å². The molecule has 0 radical (unpaired) electrons. The molecule has 1 N–H and O–H groups in total. The molecule has 4 fully saturated rings. The van der Waals surface area contributed by atoms with Gasteiger partial charge in [-0.25, -0.2) is 0 Å². The molecule has 3 unspecified atom stereocenters. The number of carbonyl (C=O) groups excluding carboxylic acids is 1. The molecule has 1 aliphatic heterocycles. The second-order valence-corrected chi connectivity index (χ2v) is 12.5. The van der Waals surface area contributed by atoms with Crippen LogP contribution in [0.3, 0.4) is 0 Å². The van der Waals surface area contributed by atoms with Gasteiger partial charge in [0, 0.05) is 17.2 Å². The van der Waals surface area contributed by atoms with E-state index in [4.69, 9.17) is 9.47 Å². The van der Waals surface area contributed by atoms with Crippen molar-refractivity contribution in [1.29, 1.82) is 0 Å². The van der Waals surface area contributed by atoms with Gasteiger partial charge in [0.05, 0.1) is 19.3 Å². The zero-order chi connectivity index (χ0) is 20.9. The predicted molar refractivity (Wildman–Crippen MR) is 121 cm³/mol. The topological polar surface area (TPSA) is 47.6 Å². The molecule has 0 spiro atoms. The van der Waals surface area contributed by atoms with Crippen molar-refractivity contribution < 1.29 is 14.3 Å². The number of halogens is 1. The molecule has 4 saturated carbocycles. The van der Waals surface area contributed by atoms with Gasteiger partial charge in [0.1, 0.15) is 0 Å². The van der Waals surface area contributed by atoms with Crippen LogP contribution in [0, 0.1) is 23.2 Å². The largest absolute Gasteiger partial charge is 0.490 e. The fourth-order valence-electron chi connectivity index (χ4n) is 7.12. The molecule has 4 bridgehead atoms. The van der Waals surface area contributed by atoms with Gasteiger partial charge >= 0.3 is 0 Å². The molecule has 5 aliphatic rings. The molecule has 4 nitrogen and oxygen atoms in total. The summed E-state index contributed by atoms with van der Waals surface area (Å²) in [5.74, 6) is 3.73. The Kier molecular flexibility index (Phi) is 5.32. The average molecular weight is 476 g/mol. The highest BCUT2D eigenvalue weighted by Crippen LogP contribution is 2.65. The number of ether oxygens (including phenoxy) is 2. The Bertz CT molecular complexity index is 809. The normalized spacial score (nSPS) is 35.2. The number of hydrogen-bond donors (Lipinski definition) is 1. The molecule has 1 aromatic carbocycles. The van der Waals surface area contributed by atoms with Crippen LogP contribution in [0.25, 0.3) is 0 Å². The first-order valence-electron chi connectivity index (χ1n) is 11.7. The van der Waals surface area contributed by atoms with Crippen LogP contribution in [-0.4, -0.2) is 23.4 Å². The Balaban J connectivity index is 1.31. The van der Waals surface area contributed by atoms with Gasteiger partial charge in [0.25, 0.3) is 0 Å². The molecular weight excluding hydrogens is 442 g/mol. The lowest BCUT2D eigenvalue weighted by Crippen LogP contribution is -2.54. The van der Waals surface area contributed by atoms with Gasteiger partial charge < -0.3 is 14.8 Å². The second-order valence-electron chi connectivity index (χ2n) is 10.8. The summed E-state index contributed by atoms with van der Waals surface area (Å²) < 4.78 is 12.0. The van der Waals surface area contributed by atoms with Gasteiger partial charge in [-0.05, 0) is 79.4 Å². The van der Waals surface area contributed by atoms with Crippen LogP contribution in [0.1, 0.15) is 76.8 Å². The van der Waals surface area contributed by atoms with E-state index >= 15 is 0 Å². The predicted octanol–water partition coefficient (Wildman–Crippen LogP) is 5.79. The molecule has 3 atom stereocenters. The van der Waals surface area contributed by atoms with Crippen molar-refractivity contribution in [3.05, 3.63) is 23.8 Å². The Morgan fingerprint density at radius 3 is 2.50 bits per heavy atom. The lowest BCUT2D eigenvalue weighted by molar-refractivity contribution is -0.129. The quantitative estimate of drug-likeness (QED) is 0.548. The number of fused-ring (bicyclic) bond motifs is 1. The standard InChI is InChI=1S/C25H34BrNO3/c1-16(2)23(19-4-5-20-21(9-19)30-7-3-6-29-20)27-22(28)14-24-10-17-8-18(11-24)13-25(26,12-17)15-24/h4-5,9,16-18,23H,3,6-8,10-15H2,1-2H3,(H,27,28). The summed E-state index contributed by atoms with van der Waals surface area (Å²) in [6.45, 7) is 5.71. The van der Waals surface area contributed by atoms with Crippen LogP contribution in [0.4, 0.5) is 0 Å². The number of hydrogen-bond acceptors (Lipinski definition) is 3. The highest BCUT2D eigenvalue weighted by Gasteiger charge is 2.57. The van der Waals surface area contributed by atoms with Crippen LogP contribution in [0.5, 0.6) is 11.5 Å². The molecular formula is C25H34BrNO3. The molecule has 1 amide bonds. The van der Waals surface area contributed by atoms with E-state index in [1.807, 2.05) is 6.07 Å². The summed E-state index contributed by atoms with van der Waals surface area (Å²) in [6.07, 6.45) is 9.19. The van der Waals surface area contributed by atoms with Gasteiger partial charge in [0.2, 0.25) is 5.91 Å². The Hall–Kier alpha value is -1.23. The molecule has 5 heteroatoms. The van der Waals surface area contributed by atoms with Crippen molar-refractivity contribution in [3.8, 4) is 11.5 Å². The first-order chi connectivity index (χ1) is 14.3. The lowest BCUT2D eigenvalue weighted by atomic mass is 9.48. The number of nitrogens with one attached hydrogen (secondary N) is 1. The zero-order valence-electron chi connectivity index (χ0n) is 18.2. The van der Waals surface area contributed by atoms with Gasteiger partial charge in [0.15, 0.2) is 11.5 Å². The van der Waals surface area contributed by atoms with Crippen LogP contribution in [0.15, 0.2) is 18.2 Å². The van der Waals surface area contributed by atoms with Gasteiger partial charge in [-0.15, -0.1) is 0 Å². The Labute approximate surface area is 188 Å². The molecule has 164 valence electrons. The van der Waals surface area contributed by atoms with Crippen LogP contribution >= 0.6 is 15.9 Å². The van der Waals surface area contributed by atoms with Crippen molar-refractivity contribution in [1.82, 2.24) is 5.32 Å². The molecule has 6 rings (SSSR count). The maximum absolute atomic E-state index is 13.3. The Morgan fingerprint density at radius 1 is 1.13 bits per heavy atom. The summed E-state index contributed by atoms with van der Waals surface area (Å²) in [6, 6.07) is 6.12. The minimum absolute atomic E-state index is 0.0125. The summed E-state index contributed by atoms with van der Waals surface area (Å²) in [4.78, 5) is 13.3. The van der Waals surface area contributed by atoms with E-state index < -0.39 is 0 Å². The summed E-state index contributed by atoms with van der Waals surface area (Å²) in [5.41, 5.74) is 1.30. The van der Waals surface area contributed by atoms with Crippen LogP contribution < -0.4 is 14.8 Å². The number of benzene rings is 1. The lowest BCUT2D eigenvalue weighted by Gasteiger charge is -2.60. The summed E-state index contributed by atoms with van der Waals surface area (Å²) in [7, 11) is 0. The maximum atomic E-state index is 13.3. The summed E-state index contributed by atoms with van der Waals surface area (Å²) >= 11 is 4.08. The van der Waals surface area contributed by atoms with E-state index in [1.54, 1.807) is 0 Å². The number of rotatable bonds is 5. The molecule has 0 saturated heterocycles. The third-order valence-corrected chi connectivity index (χ3v) is 8.69. The van der Waals surface area contributed by atoms with E-state index in [-0.39, 0.29) is 17.4 Å². The fourth-order valence-corrected chi connectivity index (χ4v) is 8.63. The van der Waals surface area contributed by atoms with Crippen molar-refractivity contribution in [3.63, 3.8) is 0 Å². The third kappa shape index (κ3) is 3.99. The van der Waals surface area contributed by atoms with Crippen LogP contribution in [-0.2, 0) is 4.79 Å². The van der Waals surface area contributed by atoms with Crippen molar-refractivity contribution in [2.45, 2.75) is 75.6 Å². The fraction of sp³-hybridized carbons (Fsp3) is 0.720. The molecule has 30 heavy (non-hydrogen) atoms. The number of amides is 1. The van der Waals surface area contributed by atoms with Gasteiger partial charge in [-0.2, -0.15) is 0 Å². The first-order valence-corrected chi connectivity index (χ1v) is 12.5. The van der Waals surface area contributed by atoms with E-state index in [9.17, 15) is 4.79 Å². The smallest absolute Gasteiger partial charge is 0.221 e. The van der Waals surface area contributed by atoms with Gasteiger partial charge in [-0.1, -0.05) is 35.8 Å². The SMILES string of the molecule is CC(C)C(NC(=O)CC12CC3CC(CC(Br)(C3)C1)C2)c1ccc2c(c1)OCCCO2. The summed E-state index contributed by atoms with van der Waals surface area (Å²) in [5, 5.41) is 3.39. The molecule has 1 heterocycles. The minimum atomic E-state index is -0.0125. The first kappa shape index (κ1) is 20.7. The second kappa shape index (κ2) is 7.72. The highest BCUT2D eigenvalue weighted by atomic mass is 79.9. The Morgan fingerprint density at radius 2 is 1.83 bits per heavy atom. The molecule has 0 aromatic heterocycles. The highest BCUT2D eigenvalue weighted by molar-refractivity contribution is 9.10. The molecule has 4 aliphatic carbocycles. The van der Waals surface area contributed by atoms with E-state index in [0.29, 0.717) is 29.9 Å². The minimum Gasteiger partial charge on any atom is -0.490 e. The van der Waals surface area contributed by atoms with Crippen LogP contribution in [0.2, 0.25) is 0 Å². The zero-order valence-corrected chi connectivity index (χ0v) is 19.8. The third-order valence-electron chi connectivity index (χ3n) is 7.76. The van der Waals surface area contributed by atoms with Crippen molar-refractivity contribution >= 4 is 21.8 Å². The average Bonchev–Trinajstić information content (AvgIpc) is 2.88. The monoisotopic (exact) mass is 475 g/mol. The maximum Gasteiger partial charge on any atom is 0.221 e. The van der Waals surface area contributed by atoms with E-state index in [2.05, 4.69) is 47.2 Å². The van der Waals surface area contributed by atoms with E-state index in [1.165, 1.54) is 32.1 Å². The van der Waals surface area contributed by atoms with Crippen molar-refractivity contribution in [2.75, 3.05) is 13.2 Å². The van der Waals surface area contributed by atoms with Crippen molar-refractivity contribution in [2.24, 2.45) is 23.2 Å². The van der Waals surface area contributed by atoms with Gasteiger partial charge in [-0.3, -0.25) is 4.79 Å². The number of alkyl halides is 1. The molecule has 1 aromatic rings. The number of carbonyl (C=O) groups is 1.